The molecule has 1 aliphatic carbocycles. The Balaban J connectivity index is 2.34. The summed E-state index contributed by atoms with van der Waals surface area (Å²) in [6.45, 7) is 5.12. The lowest BCUT2D eigenvalue weighted by Gasteiger charge is -2.26. The van der Waals surface area contributed by atoms with Gasteiger partial charge in [-0.15, -0.1) is 0 Å². The van der Waals surface area contributed by atoms with Crippen LogP contribution in [0.15, 0.2) is 0 Å². The highest BCUT2D eigenvalue weighted by Crippen LogP contribution is 2.27. The first-order chi connectivity index (χ1) is 7.95. The van der Waals surface area contributed by atoms with E-state index in [0.29, 0.717) is 19.0 Å². The van der Waals surface area contributed by atoms with Gasteiger partial charge in [-0.25, -0.2) is 13.1 Å². The lowest BCUT2D eigenvalue weighted by molar-refractivity contribution is 0.290. The van der Waals surface area contributed by atoms with Crippen LogP contribution in [0.3, 0.4) is 0 Å². The Labute approximate surface area is 106 Å². The van der Waals surface area contributed by atoms with Gasteiger partial charge in [-0.05, 0) is 38.6 Å². The third-order valence-electron chi connectivity index (χ3n) is 3.73. The minimum atomic E-state index is -3.15. The van der Waals surface area contributed by atoms with E-state index in [1.165, 1.54) is 12.8 Å². The standard InChI is InChI=1S/C12H26N2O2S/c1-10-4-6-12(7-5-10)9-14-17(15,16)11(2)8-13-3/h10-14H,4-9H2,1-3H3. The van der Waals surface area contributed by atoms with Crippen molar-refractivity contribution in [1.29, 1.82) is 0 Å². The van der Waals surface area contributed by atoms with Crippen molar-refractivity contribution >= 4 is 10.0 Å². The Morgan fingerprint density at radius 2 is 1.82 bits per heavy atom. The van der Waals surface area contributed by atoms with Gasteiger partial charge in [0.15, 0.2) is 0 Å². The summed E-state index contributed by atoms with van der Waals surface area (Å²) >= 11 is 0. The van der Waals surface area contributed by atoms with E-state index in [1.807, 2.05) is 0 Å². The fourth-order valence-corrected chi connectivity index (χ4v) is 3.45. The zero-order chi connectivity index (χ0) is 12.9. The van der Waals surface area contributed by atoms with Gasteiger partial charge in [0, 0.05) is 13.1 Å². The number of nitrogens with one attached hydrogen (secondary N) is 2. The maximum atomic E-state index is 11.9. The molecule has 2 N–H and O–H groups in total. The molecule has 1 aliphatic rings. The molecule has 1 rings (SSSR count). The molecule has 1 saturated carbocycles. The lowest BCUT2D eigenvalue weighted by atomic mass is 9.83. The summed E-state index contributed by atoms with van der Waals surface area (Å²) < 4.78 is 26.5. The molecule has 0 heterocycles. The van der Waals surface area contributed by atoms with Gasteiger partial charge in [-0.2, -0.15) is 0 Å². The van der Waals surface area contributed by atoms with Crippen molar-refractivity contribution in [2.45, 2.75) is 44.8 Å². The minimum absolute atomic E-state index is 0.366. The molecule has 4 nitrogen and oxygen atoms in total. The summed E-state index contributed by atoms with van der Waals surface area (Å²) in [5.41, 5.74) is 0. The Hall–Kier alpha value is -0.130. The molecule has 1 fully saturated rings. The Bertz CT molecular complexity index is 308. The van der Waals surface area contributed by atoms with Crippen LogP contribution in [-0.2, 0) is 10.0 Å². The second-order valence-electron chi connectivity index (χ2n) is 5.39. The van der Waals surface area contributed by atoms with E-state index in [1.54, 1.807) is 14.0 Å². The van der Waals surface area contributed by atoms with Crippen LogP contribution < -0.4 is 10.0 Å². The maximum absolute atomic E-state index is 11.9. The van der Waals surface area contributed by atoms with Crippen LogP contribution in [0, 0.1) is 11.8 Å². The van der Waals surface area contributed by atoms with Crippen molar-refractivity contribution in [3.8, 4) is 0 Å². The van der Waals surface area contributed by atoms with Gasteiger partial charge >= 0.3 is 0 Å². The zero-order valence-corrected chi connectivity index (χ0v) is 12.0. The monoisotopic (exact) mass is 262 g/mol. The van der Waals surface area contributed by atoms with Gasteiger partial charge in [0.25, 0.3) is 0 Å². The summed E-state index contributed by atoms with van der Waals surface area (Å²) in [7, 11) is -1.38. The summed E-state index contributed by atoms with van der Waals surface area (Å²) in [5.74, 6) is 1.34. The van der Waals surface area contributed by atoms with Crippen LogP contribution in [0.1, 0.15) is 39.5 Å². The Kier molecular flexibility index (Phi) is 5.89. The van der Waals surface area contributed by atoms with Gasteiger partial charge in [0.1, 0.15) is 0 Å². The molecule has 0 bridgehead atoms. The van der Waals surface area contributed by atoms with Crippen molar-refractivity contribution in [2.75, 3.05) is 20.1 Å². The second kappa shape index (κ2) is 6.71. The number of hydrogen-bond acceptors (Lipinski definition) is 3. The predicted molar refractivity (Wildman–Crippen MR) is 71.4 cm³/mol. The van der Waals surface area contributed by atoms with Crippen LogP contribution in [0.25, 0.3) is 0 Å². The molecular formula is C12H26N2O2S. The minimum Gasteiger partial charge on any atom is -0.318 e. The van der Waals surface area contributed by atoms with Gasteiger partial charge in [0.2, 0.25) is 10.0 Å². The normalized spacial score (nSPS) is 27.9. The van der Waals surface area contributed by atoms with Crippen LogP contribution in [-0.4, -0.2) is 33.8 Å². The second-order valence-corrected chi connectivity index (χ2v) is 7.57. The van der Waals surface area contributed by atoms with Gasteiger partial charge < -0.3 is 5.32 Å². The quantitative estimate of drug-likeness (QED) is 0.759. The summed E-state index contributed by atoms with van der Waals surface area (Å²) in [6.07, 6.45) is 4.78. The van der Waals surface area contributed by atoms with E-state index in [-0.39, 0.29) is 5.25 Å². The van der Waals surface area contributed by atoms with E-state index in [2.05, 4.69) is 17.0 Å². The van der Waals surface area contributed by atoms with Crippen LogP contribution >= 0.6 is 0 Å². The predicted octanol–water partition coefficient (Wildman–Crippen LogP) is 1.34. The van der Waals surface area contributed by atoms with Crippen molar-refractivity contribution in [3.05, 3.63) is 0 Å². The van der Waals surface area contributed by atoms with E-state index in [0.717, 1.165) is 18.8 Å². The number of hydrogen-bond donors (Lipinski definition) is 2. The van der Waals surface area contributed by atoms with Crippen LogP contribution in [0.5, 0.6) is 0 Å². The van der Waals surface area contributed by atoms with Crippen molar-refractivity contribution in [2.24, 2.45) is 11.8 Å². The zero-order valence-electron chi connectivity index (χ0n) is 11.2. The third kappa shape index (κ3) is 4.94. The molecule has 102 valence electrons. The van der Waals surface area contributed by atoms with Crippen LogP contribution in [0.2, 0.25) is 0 Å². The number of sulfonamides is 1. The smallest absolute Gasteiger partial charge is 0.215 e. The van der Waals surface area contributed by atoms with E-state index < -0.39 is 10.0 Å². The first kappa shape index (κ1) is 14.9. The highest BCUT2D eigenvalue weighted by Gasteiger charge is 2.23. The molecule has 0 radical (unpaired) electrons. The fraction of sp³-hybridized carbons (Fsp3) is 1.00. The fourth-order valence-electron chi connectivity index (χ4n) is 2.31. The molecular weight excluding hydrogens is 236 g/mol. The molecule has 0 saturated heterocycles. The summed E-state index contributed by atoms with van der Waals surface area (Å²) in [6, 6.07) is 0. The Morgan fingerprint density at radius 1 is 1.24 bits per heavy atom. The molecule has 0 aliphatic heterocycles. The maximum Gasteiger partial charge on any atom is 0.215 e. The third-order valence-corrected chi connectivity index (χ3v) is 5.53. The van der Waals surface area contributed by atoms with Crippen molar-refractivity contribution in [3.63, 3.8) is 0 Å². The molecule has 1 atom stereocenters. The first-order valence-electron chi connectivity index (χ1n) is 6.58. The van der Waals surface area contributed by atoms with E-state index in [4.69, 9.17) is 0 Å². The van der Waals surface area contributed by atoms with Crippen molar-refractivity contribution < 1.29 is 8.42 Å². The highest BCUT2D eigenvalue weighted by atomic mass is 32.2. The SMILES string of the molecule is CNCC(C)S(=O)(=O)NCC1CCC(C)CC1. The average molecular weight is 262 g/mol. The lowest BCUT2D eigenvalue weighted by Crippen LogP contribution is -2.40. The molecule has 1 unspecified atom stereocenters. The van der Waals surface area contributed by atoms with Crippen molar-refractivity contribution in [1.82, 2.24) is 10.0 Å². The summed E-state index contributed by atoms with van der Waals surface area (Å²) in [4.78, 5) is 0. The van der Waals surface area contributed by atoms with Crippen LogP contribution in [0.4, 0.5) is 0 Å². The molecule has 0 aromatic rings. The van der Waals surface area contributed by atoms with Gasteiger partial charge in [-0.3, -0.25) is 0 Å². The molecule has 0 amide bonds. The molecule has 0 aromatic heterocycles. The summed E-state index contributed by atoms with van der Waals surface area (Å²) in [5, 5.41) is 2.53. The largest absolute Gasteiger partial charge is 0.318 e. The Morgan fingerprint density at radius 3 is 2.35 bits per heavy atom. The molecule has 5 heteroatoms. The number of rotatable bonds is 6. The average Bonchev–Trinajstić information content (AvgIpc) is 2.29. The van der Waals surface area contributed by atoms with Gasteiger partial charge in [-0.1, -0.05) is 19.8 Å². The molecule has 0 aromatic carbocycles. The molecule has 0 spiro atoms. The van der Waals surface area contributed by atoms with Gasteiger partial charge in [0.05, 0.1) is 5.25 Å². The molecule has 17 heavy (non-hydrogen) atoms. The topological polar surface area (TPSA) is 58.2 Å². The first-order valence-corrected chi connectivity index (χ1v) is 8.13. The van der Waals surface area contributed by atoms with E-state index in [9.17, 15) is 8.42 Å². The van der Waals surface area contributed by atoms with E-state index >= 15 is 0 Å². The highest BCUT2D eigenvalue weighted by molar-refractivity contribution is 7.90.